The van der Waals surface area contributed by atoms with Gasteiger partial charge in [0.25, 0.3) is 11.8 Å². The van der Waals surface area contributed by atoms with Crippen molar-refractivity contribution in [2.75, 3.05) is 46.2 Å². The van der Waals surface area contributed by atoms with Crippen LogP contribution < -0.4 is 15.4 Å². The average molecular weight is 460 g/mol. The molecule has 1 atom stereocenters. The second-order valence-corrected chi connectivity index (χ2v) is 8.21. The lowest BCUT2D eigenvalue weighted by Crippen LogP contribution is -2.49. The van der Waals surface area contributed by atoms with Gasteiger partial charge in [-0.2, -0.15) is 0 Å². The summed E-state index contributed by atoms with van der Waals surface area (Å²) in [5, 5.41) is 5.92. The largest absolute Gasteiger partial charge is 0.497 e. The first-order valence-corrected chi connectivity index (χ1v) is 11.2. The molecular weight excluding hydrogens is 430 g/mol. The third-order valence-corrected chi connectivity index (χ3v) is 6.07. The summed E-state index contributed by atoms with van der Waals surface area (Å²) < 4.78 is 5.29. The van der Waals surface area contributed by atoms with Crippen LogP contribution in [0.1, 0.15) is 32.3 Å². The number of ether oxygens (including phenoxy) is 1. The van der Waals surface area contributed by atoms with Crippen molar-refractivity contribution >= 4 is 23.3 Å². The highest BCUT2D eigenvalue weighted by Gasteiger charge is 2.30. The van der Waals surface area contributed by atoms with Gasteiger partial charge in [-0.3, -0.25) is 14.5 Å². The highest BCUT2D eigenvalue weighted by Crippen LogP contribution is 2.28. The van der Waals surface area contributed by atoms with Gasteiger partial charge in [-0.15, -0.1) is 0 Å². The molecule has 3 aromatic rings. The fourth-order valence-electron chi connectivity index (χ4n) is 4.13. The third-order valence-electron chi connectivity index (χ3n) is 6.07. The smallest absolute Gasteiger partial charge is 0.257 e. The van der Waals surface area contributed by atoms with Crippen LogP contribution in [-0.2, 0) is 0 Å². The molecule has 176 valence electrons. The molecule has 1 aliphatic rings. The fraction of sp³-hybridized carbons (Fsp3) is 0.269. The summed E-state index contributed by atoms with van der Waals surface area (Å²) in [6.45, 7) is 1.84. The Morgan fingerprint density at radius 2 is 1.88 bits per heavy atom. The minimum absolute atomic E-state index is 0.0197. The molecule has 0 saturated carbocycles. The van der Waals surface area contributed by atoms with Crippen LogP contribution in [0.3, 0.4) is 0 Å². The number of rotatable bonds is 6. The molecular formula is C26H29N5O3. The molecule has 2 N–H and O–H groups in total. The quantitative estimate of drug-likeness (QED) is 0.588. The second kappa shape index (κ2) is 10.4. The lowest BCUT2D eigenvalue weighted by molar-refractivity contribution is 0.0546. The molecule has 0 radical (unpaired) electrons. The fourth-order valence-corrected chi connectivity index (χ4v) is 4.13. The lowest BCUT2D eigenvalue weighted by atomic mass is 9.99. The van der Waals surface area contributed by atoms with Crippen molar-refractivity contribution in [2.24, 2.45) is 0 Å². The maximum Gasteiger partial charge on any atom is 0.257 e. The summed E-state index contributed by atoms with van der Waals surface area (Å²) in [7, 11) is 5.27. The van der Waals surface area contributed by atoms with Crippen molar-refractivity contribution < 1.29 is 14.3 Å². The van der Waals surface area contributed by atoms with Crippen LogP contribution in [0.25, 0.3) is 0 Å². The Balaban J connectivity index is 1.56. The van der Waals surface area contributed by atoms with E-state index < -0.39 is 0 Å². The predicted molar refractivity (Wildman–Crippen MR) is 132 cm³/mol. The Morgan fingerprint density at radius 1 is 1.06 bits per heavy atom. The number of hydrogen-bond acceptors (Lipinski definition) is 6. The summed E-state index contributed by atoms with van der Waals surface area (Å²) in [4.78, 5) is 34.2. The Hall–Kier alpha value is -3.91. The van der Waals surface area contributed by atoms with E-state index >= 15 is 0 Å². The predicted octanol–water partition coefficient (Wildman–Crippen LogP) is 3.32. The first-order valence-electron chi connectivity index (χ1n) is 11.2. The summed E-state index contributed by atoms with van der Waals surface area (Å²) in [5.74, 6) is 1.00. The molecule has 1 aromatic heterocycles. The average Bonchev–Trinajstić information content (AvgIpc) is 2.88. The Labute approximate surface area is 199 Å². The maximum atomic E-state index is 13.6. The number of methoxy groups -OCH3 is 1. The van der Waals surface area contributed by atoms with E-state index in [1.165, 1.54) is 0 Å². The van der Waals surface area contributed by atoms with Crippen LogP contribution in [-0.4, -0.2) is 67.4 Å². The Bertz CT molecular complexity index is 1180. The van der Waals surface area contributed by atoms with Crippen molar-refractivity contribution in [3.63, 3.8) is 0 Å². The van der Waals surface area contributed by atoms with E-state index in [1.54, 1.807) is 38.6 Å². The summed E-state index contributed by atoms with van der Waals surface area (Å²) in [6.07, 6.45) is 1.66. The van der Waals surface area contributed by atoms with E-state index in [2.05, 4.69) is 20.5 Å². The Morgan fingerprint density at radius 3 is 2.68 bits per heavy atom. The van der Waals surface area contributed by atoms with Crippen LogP contribution in [0, 0.1) is 0 Å². The normalized spacial score (nSPS) is 16.1. The van der Waals surface area contributed by atoms with Gasteiger partial charge in [0.05, 0.1) is 18.7 Å². The van der Waals surface area contributed by atoms with Gasteiger partial charge in [0.15, 0.2) is 0 Å². The highest BCUT2D eigenvalue weighted by molar-refractivity contribution is 5.99. The number of anilines is 2. The molecule has 2 heterocycles. The SMILES string of the molecule is CNC(=O)c1cccc([C@@H]2CN(C(=O)c3cccnc3Nc3cccc(OC)c3)CCN2C)c1. The molecule has 8 heteroatoms. The molecule has 1 saturated heterocycles. The molecule has 2 aromatic carbocycles. The summed E-state index contributed by atoms with van der Waals surface area (Å²) in [5.41, 5.74) is 2.90. The van der Waals surface area contributed by atoms with Crippen molar-refractivity contribution in [3.05, 3.63) is 83.6 Å². The van der Waals surface area contributed by atoms with E-state index in [0.717, 1.165) is 23.5 Å². The Kier molecular flexibility index (Phi) is 7.08. The zero-order chi connectivity index (χ0) is 24.1. The monoisotopic (exact) mass is 459 g/mol. The van der Waals surface area contributed by atoms with Crippen molar-refractivity contribution in [1.82, 2.24) is 20.1 Å². The van der Waals surface area contributed by atoms with Crippen molar-refractivity contribution in [3.8, 4) is 5.75 Å². The topological polar surface area (TPSA) is 86.8 Å². The van der Waals surface area contributed by atoms with Gasteiger partial charge in [-0.25, -0.2) is 4.98 Å². The minimum atomic E-state index is -0.128. The number of likely N-dealkylation sites (N-methyl/N-ethyl adjacent to an activating group) is 1. The number of carbonyl (C=O) groups is 2. The molecule has 0 unspecified atom stereocenters. The van der Waals surface area contributed by atoms with Crippen LogP contribution >= 0.6 is 0 Å². The van der Waals surface area contributed by atoms with E-state index in [1.807, 2.05) is 54.4 Å². The maximum absolute atomic E-state index is 13.6. The molecule has 8 nitrogen and oxygen atoms in total. The summed E-state index contributed by atoms with van der Waals surface area (Å²) in [6, 6.07) is 18.6. The van der Waals surface area contributed by atoms with Gasteiger partial charge in [0, 0.05) is 50.2 Å². The van der Waals surface area contributed by atoms with Gasteiger partial charge >= 0.3 is 0 Å². The first kappa shape index (κ1) is 23.3. The van der Waals surface area contributed by atoms with Gasteiger partial charge in [-0.1, -0.05) is 18.2 Å². The van der Waals surface area contributed by atoms with E-state index in [-0.39, 0.29) is 17.9 Å². The van der Waals surface area contributed by atoms with E-state index in [0.29, 0.717) is 30.0 Å². The second-order valence-electron chi connectivity index (χ2n) is 8.21. The van der Waals surface area contributed by atoms with Crippen LogP contribution in [0.15, 0.2) is 66.9 Å². The molecule has 0 aliphatic carbocycles. The van der Waals surface area contributed by atoms with Crippen LogP contribution in [0.4, 0.5) is 11.5 Å². The molecule has 4 rings (SSSR count). The standard InChI is InChI=1S/C26H29N5O3/c1-27-25(32)19-8-4-7-18(15-19)23-17-31(14-13-30(23)2)26(33)22-11-6-12-28-24(22)29-20-9-5-10-21(16-20)34-3/h4-12,15-16,23H,13-14,17H2,1-3H3,(H,27,32)(H,28,29)/t23-/m0/s1. The number of amides is 2. The molecule has 1 aliphatic heterocycles. The first-order chi connectivity index (χ1) is 16.5. The number of piperazine rings is 1. The zero-order valence-corrected chi connectivity index (χ0v) is 19.6. The van der Waals surface area contributed by atoms with Gasteiger partial charge < -0.3 is 20.3 Å². The van der Waals surface area contributed by atoms with Gasteiger partial charge in [-0.05, 0) is 49.0 Å². The molecule has 2 amide bonds. The zero-order valence-electron chi connectivity index (χ0n) is 19.6. The van der Waals surface area contributed by atoms with Crippen molar-refractivity contribution in [2.45, 2.75) is 6.04 Å². The molecule has 34 heavy (non-hydrogen) atoms. The van der Waals surface area contributed by atoms with E-state index in [4.69, 9.17) is 4.74 Å². The van der Waals surface area contributed by atoms with Crippen LogP contribution in [0.2, 0.25) is 0 Å². The molecule has 0 bridgehead atoms. The number of aromatic nitrogens is 1. The molecule has 0 spiro atoms. The number of pyridine rings is 1. The number of nitrogens with zero attached hydrogens (tertiary/aromatic N) is 3. The van der Waals surface area contributed by atoms with Crippen molar-refractivity contribution in [1.29, 1.82) is 0 Å². The van der Waals surface area contributed by atoms with Crippen LogP contribution in [0.5, 0.6) is 5.75 Å². The highest BCUT2D eigenvalue weighted by atomic mass is 16.5. The number of benzene rings is 2. The molecule has 1 fully saturated rings. The third kappa shape index (κ3) is 5.02. The van der Waals surface area contributed by atoms with Gasteiger partial charge in [0.2, 0.25) is 0 Å². The van der Waals surface area contributed by atoms with Gasteiger partial charge in [0.1, 0.15) is 11.6 Å². The van der Waals surface area contributed by atoms with E-state index in [9.17, 15) is 9.59 Å². The number of nitrogens with one attached hydrogen (secondary N) is 2. The number of carbonyl (C=O) groups excluding carboxylic acids is 2. The lowest BCUT2D eigenvalue weighted by Gasteiger charge is -2.40. The minimum Gasteiger partial charge on any atom is -0.497 e. The summed E-state index contributed by atoms with van der Waals surface area (Å²) >= 11 is 0. The number of hydrogen-bond donors (Lipinski definition) is 2.